The molecule has 1 atom stereocenters. The van der Waals surface area contributed by atoms with Crippen molar-refractivity contribution in [2.45, 2.75) is 25.0 Å². The van der Waals surface area contributed by atoms with Crippen LogP contribution < -0.4 is 16.0 Å². The predicted octanol–water partition coefficient (Wildman–Crippen LogP) is 4.20. The van der Waals surface area contributed by atoms with Gasteiger partial charge in [-0.2, -0.15) is 0 Å². The molecule has 1 unspecified atom stereocenters. The van der Waals surface area contributed by atoms with Crippen LogP contribution in [0.5, 0.6) is 5.75 Å². The van der Waals surface area contributed by atoms with Crippen molar-refractivity contribution in [3.8, 4) is 5.75 Å². The first-order chi connectivity index (χ1) is 10.2. The second kappa shape index (κ2) is 6.36. The van der Waals surface area contributed by atoms with Crippen LogP contribution in [-0.4, -0.2) is 6.10 Å². The Morgan fingerprint density at radius 2 is 1.81 bits per heavy atom. The molecule has 0 aromatic heterocycles. The highest BCUT2D eigenvalue weighted by Crippen LogP contribution is 2.31. The minimum atomic E-state index is -0.106. The van der Waals surface area contributed by atoms with Gasteiger partial charge in [0.2, 0.25) is 0 Å². The molecule has 1 aliphatic carbocycles. The molecule has 0 aliphatic heterocycles. The number of hydrogen-bond acceptors (Lipinski definition) is 3. The summed E-state index contributed by atoms with van der Waals surface area (Å²) in [5, 5.41) is 0.668. The van der Waals surface area contributed by atoms with Crippen molar-refractivity contribution >= 4 is 27.5 Å². The Balaban J connectivity index is 1.82. The van der Waals surface area contributed by atoms with Crippen molar-refractivity contribution in [1.82, 2.24) is 5.43 Å². The first-order valence-corrected chi connectivity index (χ1v) is 8.02. The monoisotopic (exact) mass is 366 g/mol. The number of hydrazine groups is 1. The van der Waals surface area contributed by atoms with Crippen LogP contribution in [-0.2, 0) is 0 Å². The van der Waals surface area contributed by atoms with Crippen LogP contribution in [0.3, 0.4) is 0 Å². The Morgan fingerprint density at radius 3 is 2.38 bits per heavy atom. The van der Waals surface area contributed by atoms with Crippen LogP contribution in [0.2, 0.25) is 5.02 Å². The zero-order valence-electron chi connectivity index (χ0n) is 11.4. The van der Waals surface area contributed by atoms with Gasteiger partial charge in [0.25, 0.3) is 0 Å². The van der Waals surface area contributed by atoms with Gasteiger partial charge >= 0.3 is 0 Å². The Kier molecular flexibility index (Phi) is 4.50. The van der Waals surface area contributed by atoms with E-state index in [9.17, 15) is 0 Å². The van der Waals surface area contributed by atoms with E-state index in [1.807, 2.05) is 42.5 Å². The molecule has 3 rings (SSSR count). The van der Waals surface area contributed by atoms with Gasteiger partial charge in [-0.1, -0.05) is 29.8 Å². The van der Waals surface area contributed by atoms with Crippen molar-refractivity contribution < 1.29 is 4.74 Å². The van der Waals surface area contributed by atoms with E-state index in [4.69, 9.17) is 22.2 Å². The van der Waals surface area contributed by atoms with Gasteiger partial charge in [-0.15, -0.1) is 0 Å². The van der Waals surface area contributed by atoms with Crippen molar-refractivity contribution in [2.24, 2.45) is 5.84 Å². The normalized spacial score (nSPS) is 15.8. The Labute approximate surface area is 137 Å². The summed E-state index contributed by atoms with van der Waals surface area (Å²) in [6, 6.07) is 13.7. The molecule has 3 N–H and O–H groups in total. The number of ether oxygens (including phenoxy) is 1. The maximum Gasteiger partial charge on any atom is 0.119 e. The molecule has 0 spiro atoms. The minimum absolute atomic E-state index is 0.106. The summed E-state index contributed by atoms with van der Waals surface area (Å²) < 4.78 is 6.63. The fourth-order valence-corrected chi connectivity index (χ4v) is 2.63. The van der Waals surface area contributed by atoms with Crippen molar-refractivity contribution in [1.29, 1.82) is 0 Å². The minimum Gasteiger partial charge on any atom is -0.490 e. The third-order valence-electron chi connectivity index (χ3n) is 3.48. The molecule has 5 heteroatoms. The molecule has 0 bridgehead atoms. The molecule has 1 fully saturated rings. The van der Waals surface area contributed by atoms with Crippen LogP contribution in [0.25, 0.3) is 0 Å². The predicted molar refractivity (Wildman–Crippen MR) is 88.4 cm³/mol. The van der Waals surface area contributed by atoms with E-state index in [0.29, 0.717) is 11.1 Å². The van der Waals surface area contributed by atoms with Crippen LogP contribution in [0, 0.1) is 0 Å². The van der Waals surface area contributed by atoms with Gasteiger partial charge in [0.1, 0.15) is 5.75 Å². The summed E-state index contributed by atoms with van der Waals surface area (Å²) >= 11 is 9.55. The highest BCUT2D eigenvalue weighted by Gasteiger charge is 2.23. The van der Waals surface area contributed by atoms with E-state index in [1.54, 1.807) is 0 Å². The summed E-state index contributed by atoms with van der Waals surface area (Å²) in [6.07, 6.45) is 2.72. The molecular weight excluding hydrogens is 352 g/mol. The molecule has 21 heavy (non-hydrogen) atoms. The Morgan fingerprint density at radius 1 is 1.14 bits per heavy atom. The standard InChI is InChI=1S/C16H16BrClN2O/c17-14-8-3-11(9-15(14)18)16(20-19)10-1-4-12(5-2-10)21-13-6-7-13/h1-5,8-9,13,16,20H,6-7,19H2. The van der Waals surface area contributed by atoms with Crippen LogP contribution >= 0.6 is 27.5 Å². The van der Waals surface area contributed by atoms with E-state index in [-0.39, 0.29) is 6.04 Å². The Bertz CT molecular complexity index is 629. The lowest BCUT2D eigenvalue weighted by atomic mass is 9.99. The summed E-state index contributed by atoms with van der Waals surface area (Å²) in [7, 11) is 0. The second-order valence-corrected chi connectivity index (χ2v) is 6.42. The SMILES string of the molecule is NNC(c1ccc(OC2CC2)cc1)c1ccc(Br)c(Cl)c1. The van der Waals surface area contributed by atoms with Crippen LogP contribution in [0.4, 0.5) is 0 Å². The van der Waals surface area contributed by atoms with Gasteiger partial charge in [-0.05, 0) is 64.2 Å². The zero-order valence-corrected chi connectivity index (χ0v) is 13.7. The molecule has 0 amide bonds. The zero-order chi connectivity index (χ0) is 14.8. The molecule has 2 aromatic rings. The van der Waals surface area contributed by atoms with Gasteiger partial charge in [0, 0.05) is 4.47 Å². The number of rotatable bonds is 5. The molecule has 0 radical (unpaired) electrons. The first-order valence-electron chi connectivity index (χ1n) is 6.85. The van der Waals surface area contributed by atoms with E-state index < -0.39 is 0 Å². The third-order valence-corrected chi connectivity index (χ3v) is 4.72. The van der Waals surface area contributed by atoms with E-state index in [1.165, 1.54) is 0 Å². The molecule has 2 aromatic carbocycles. The highest BCUT2D eigenvalue weighted by atomic mass is 79.9. The second-order valence-electron chi connectivity index (χ2n) is 5.16. The van der Waals surface area contributed by atoms with Gasteiger partial charge in [-0.3, -0.25) is 5.84 Å². The lowest BCUT2D eigenvalue weighted by Crippen LogP contribution is -2.28. The maximum absolute atomic E-state index is 6.16. The molecule has 1 aliphatic rings. The number of halogens is 2. The fourth-order valence-electron chi connectivity index (χ4n) is 2.19. The Hall–Kier alpha value is -1.07. The van der Waals surface area contributed by atoms with Crippen LogP contribution in [0.15, 0.2) is 46.9 Å². The number of nitrogens with two attached hydrogens (primary N) is 1. The maximum atomic E-state index is 6.16. The lowest BCUT2D eigenvalue weighted by Gasteiger charge is -2.18. The van der Waals surface area contributed by atoms with Gasteiger partial charge < -0.3 is 4.74 Å². The van der Waals surface area contributed by atoms with E-state index in [2.05, 4.69) is 21.4 Å². The summed E-state index contributed by atoms with van der Waals surface area (Å²) in [5.41, 5.74) is 4.92. The summed E-state index contributed by atoms with van der Waals surface area (Å²) in [5.74, 6) is 6.63. The average molecular weight is 368 g/mol. The summed E-state index contributed by atoms with van der Waals surface area (Å²) in [6.45, 7) is 0. The van der Waals surface area contributed by atoms with Gasteiger partial charge in [0.05, 0.1) is 17.2 Å². The van der Waals surface area contributed by atoms with Crippen molar-refractivity contribution in [2.75, 3.05) is 0 Å². The van der Waals surface area contributed by atoms with E-state index >= 15 is 0 Å². The fraction of sp³-hybridized carbons (Fsp3) is 0.250. The van der Waals surface area contributed by atoms with Gasteiger partial charge in [-0.25, -0.2) is 5.43 Å². The van der Waals surface area contributed by atoms with Crippen molar-refractivity contribution in [3.63, 3.8) is 0 Å². The number of benzene rings is 2. The largest absolute Gasteiger partial charge is 0.490 e. The topological polar surface area (TPSA) is 47.3 Å². The molecule has 1 saturated carbocycles. The van der Waals surface area contributed by atoms with E-state index in [0.717, 1.165) is 34.2 Å². The molecule has 3 nitrogen and oxygen atoms in total. The lowest BCUT2D eigenvalue weighted by molar-refractivity contribution is 0.303. The average Bonchev–Trinajstić information content (AvgIpc) is 3.29. The molecule has 110 valence electrons. The summed E-state index contributed by atoms with van der Waals surface area (Å²) in [4.78, 5) is 0. The quantitative estimate of drug-likeness (QED) is 0.615. The third kappa shape index (κ3) is 3.58. The van der Waals surface area contributed by atoms with Crippen molar-refractivity contribution in [3.05, 3.63) is 63.1 Å². The number of hydrogen-bond donors (Lipinski definition) is 2. The van der Waals surface area contributed by atoms with Gasteiger partial charge in [0.15, 0.2) is 0 Å². The highest BCUT2D eigenvalue weighted by molar-refractivity contribution is 9.10. The molecular formula is C16H16BrClN2O. The smallest absolute Gasteiger partial charge is 0.119 e. The number of nitrogens with one attached hydrogen (secondary N) is 1. The molecule has 0 heterocycles. The van der Waals surface area contributed by atoms with Crippen LogP contribution in [0.1, 0.15) is 30.0 Å². The molecule has 0 saturated heterocycles. The first kappa shape index (κ1) is 14.9.